The SMILES string of the molecule is CC1CN(CCn2ccc(N)n2)CCN1C. The quantitative estimate of drug-likeness (QED) is 0.789. The van der Waals surface area contributed by atoms with E-state index < -0.39 is 0 Å². The fourth-order valence-electron chi connectivity index (χ4n) is 2.07. The summed E-state index contributed by atoms with van der Waals surface area (Å²) in [4.78, 5) is 4.89. The van der Waals surface area contributed by atoms with Crippen LogP contribution in [0.25, 0.3) is 0 Å². The lowest BCUT2D eigenvalue weighted by atomic mass is 10.2. The third kappa shape index (κ3) is 2.74. The molecule has 0 spiro atoms. The molecule has 2 rings (SSSR count). The molecule has 1 aliphatic heterocycles. The van der Waals surface area contributed by atoms with Gasteiger partial charge in [0, 0.05) is 38.4 Å². The molecule has 1 fully saturated rings. The maximum absolute atomic E-state index is 5.58. The number of nitrogens with two attached hydrogens (primary N) is 1. The summed E-state index contributed by atoms with van der Waals surface area (Å²) in [5, 5.41) is 4.19. The first kappa shape index (κ1) is 11.4. The van der Waals surface area contributed by atoms with E-state index in [1.54, 1.807) is 0 Å². The van der Waals surface area contributed by atoms with Crippen LogP contribution in [0.3, 0.4) is 0 Å². The Hall–Kier alpha value is -1.07. The maximum Gasteiger partial charge on any atom is 0.145 e. The van der Waals surface area contributed by atoms with Crippen molar-refractivity contribution in [3.05, 3.63) is 12.3 Å². The number of nitrogen functional groups attached to an aromatic ring is 1. The minimum Gasteiger partial charge on any atom is -0.382 e. The smallest absolute Gasteiger partial charge is 0.145 e. The van der Waals surface area contributed by atoms with E-state index >= 15 is 0 Å². The Kier molecular flexibility index (Phi) is 3.46. The number of rotatable bonds is 3. The van der Waals surface area contributed by atoms with Crippen molar-refractivity contribution < 1.29 is 0 Å². The second kappa shape index (κ2) is 4.84. The van der Waals surface area contributed by atoms with Gasteiger partial charge >= 0.3 is 0 Å². The predicted molar refractivity (Wildman–Crippen MR) is 65.2 cm³/mol. The highest BCUT2D eigenvalue weighted by Crippen LogP contribution is 2.06. The molecule has 1 unspecified atom stereocenters. The van der Waals surface area contributed by atoms with E-state index in [-0.39, 0.29) is 0 Å². The number of piperazine rings is 1. The normalized spacial score (nSPS) is 23.8. The maximum atomic E-state index is 5.58. The summed E-state index contributed by atoms with van der Waals surface area (Å²) in [7, 11) is 2.19. The zero-order valence-electron chi connectivity index (χ0n) is 10.1. The van der Waals surface area contributed by atoms with Crippen LogP contribution in [0.15, 0.2) is 12.3 Å². The van der Waals surface area contributed by atoms with E-state index in [2.05, 4.69) is 28.9 Å². The number of nitrogens with zero attached hydrogens (tertiary/aromatic N) is 4. The zero-order valence-corrected chi connectivity index (χ0v) is 10.1. The van der Waals surface area contributed by atoms with Crippen molar-refractivity contribution in [3.8, 4) is 0 Å². The van der Waals surface area contributed by atoms with Crippen LogP contribution in [0.5, 0.6) is 0 Å². The minimum atomic E-state index is 0.603. The number of hydrogen-bond acceptors (Lipinski definition) is 4. The largest absolute Gasteiger partial charge is 0.382 e. The van der Waals surface area contributed by atoms with Crippen molar-refractivity contribution in [3.63, 3.8) is 0 Å². The minimum absolute atomic E-state index is 0.603. The zero-order chi connectivity index (χ0) is 11.5. The molecule has 1 atom stereocenters. The molecule has 0 aliphatic carbocycles. The Morgan fingerprint density at radius 2 is 2.25 bits per heavy atom. The molecule has 5 heteroatoms. The molecule has 90 valence electrons. The van der Waals surface area contributed by atoms with Crippen LogP contribution >= 0.6 is 0 Å². The van der Waals surface area contributed by atoms with Crippen LogP contribution in [0.2, 0.25) is 0 Å². The fraction of sp³-hybridized carbons (Fsp3) is 0.727. The molecule has 1 aromatic rings. The van der Waals surface area contributed by atoms with Crippen molar-refractivity contribution in [2.75, 3.05) is 39.0 Å². The van der Waals surface area contributed by atoms with Crippen LogP contribution in [0, 0.1) is 0 Å². The third-order valence-electron chi connectivity index (χ3n) is 3.35. The first-order valence-electron chi connectivity index (χ1n) is 5.86. The van der Waals surface area contributed by atoms with Gasteiger partial charge in [0.1, 0.15) is 5.82 Å². The summed E-state index contributed by atoms with van der Waals surface area (Å²) >= 11 is 0. The molecule has 1 aromatic heterocycles. The molecule has 16 heavy (non-hydrogen) atoms. The average Bonchev–Trinajstić information content (AvgIpc) is 2.66. The van der Waals surface area contributed by atoms with E-state index in [0.717, 1.165) is 32.7 Å². The Morgan fingerprint density at radius 1 is 1.44 bits per heavy atom. The van der Waals surface area contributed by atoms with Crippen molar-refractivity contribution >= 4 is 5.82 Å². The summed E-state index contributed by atoms with van der Waals surface area (Å²) in [6.07, 6.45) is 1.94. The van der Waals surface area contributed by atoms with Crippen LogP contribution in [0.4, 0.5) is 5.82 Å². The Labute approximate surface area is 96.8 Å². The van der Waals surface area contributed by atoms with E-state index in [1.165, 1.54) is 0 Å². The van der Waals surface area contributed by atoms with Gasteiger partial charge in [0.2, 0.25) is 0 Å². The molecule has 1 saturated heterocycles. The average molecular weight is 223 g/mol. The van der Waals surface area contributed by atoms with Gasteiger partial charge in [-0.3, -0.25) is 9.58 Å². The van der Waals surface area contributed by atoms with Crippen LogP contribution in [-0.2, 0) is 6.54 Å². The van der Waals surface area contributed by atoms with Gasteiger partial charge in [0.05, 0.1) is 6.54 Å². The highest BCUT2D eigenvalue weighted by atomic mass is 15.3. The van der Waals surface area contributed by atoms with Gasteiger partial charge in [-0.2, -0.15) is 5.10 Å². The molecular formula is C11H21N5. The molecule has 0 saturated carbocycles. The molecule has 2 N–H and O–H groups in total. The van der Waals surface area contributed by atoms with Gasteiger partial charge in [-0.05, 0) is 20.0 Å². The van der Waals surface area contributed by atoms with Crippen LogP contribution in [0.1, 0.15) is 6.92 Å². The molecular weight excluding hydrogens is 202 g/mol. The van der Waals surface area contributed by atoms with E-state index in [1.807, 2.05) is 16.9 Å². The highest BCUT2D eigenvalue weighted by molar-refractivity contribution is 5.23. The molecule has 1 aliphatic rings. The van der Waals surface area contributed by atoms with Gasteiger partial charge in [0.25, 0.3) is 0 Å². The lowest BCUT2D eigenvalue weighted by molar-refractivity contribution is 0.102. The third-order valence-corrected chi connectivity index (χ3v) is 3.35. The second-order valence-corrected chi connectivity index (χ2v) is 4.63. The predicted octanol–water partition coefficient (Wildman–Crippen LogP) is 0.101. The van der Waals surface area contributed by atoms with Crippen LogP contribution in [-0.4, -0.2) is 58.8 Å². The Bertz CT molecular complexity index is 335. The van der Waals surface area contributed by atoms with Crippen molar-refractivity contribution in [1.29, 1.82) is 0 Å². The van der Waals surface area contributed by atoms with Crippen LogP contribution < -0.4 is 5.73 Å². The fourth-order valence-corrected chi connectivity index (χ4v) is 2.07. The second-order valence-electron chi connectivity index (χ2n) is 4.63. The molecule has 2 heterocycles. The van der Waals surface area contributed by atoms with E-state index in [9.17, 15) is 0 Å². The summed E-state index contributed by atoms with van der Waals surface area (Å²) in [5.41, 5.74) is 5.58. The molecule has 0 aromatic carbocycles. The topological polar surface area (TPSA) is 50.3 Å². The lowest BCUT2D eigenvalue weighted by Gasteiger charge is -2.37. The van der Waals surface area contributed by atoms with Crippen molar-refractivity contribution in [2.24, 2.45) is 0 Å². The molecule has 0 amide bonds. The van der Waals surface area contributed by atoms with E-state index in [4.69, 9.17) is 5.73 Å². The number of aromatic nitrogens is 2. The van der Waals surface area contributed by atoms with Gasteiger partial charge < -0.3 is 10.6 Å². The number of hydrogen-bond donors (Lipinski definition) is 1. The van der Waals surface area contributed by atoms with Gasteiger partial charge in [0.15, 0.2) is 0 Å². The van der Waals surface area contributed by atoms with Gasteiger partial charge in [-0.15, -0.1) is 0 Å². The molecule has 5 nitrogen and oxygen atoms in total. The summed E-state index contributed by atoms with van der Waals surface area (Å²) < 4.78 is 1.92. The van der Waals surface area contributed by atoms with Crippen molar-refractivity contribution in [1.82, 2.24) is 19.6 Å². The first-order valence-corrected chi connectivity index (χ1v) is 5.86. The van der Waals surface area contributed by atoms with Gasteiger partial charge in [-0.1, -0.05) is 0 Å². The summed E-state index contributed by atoms with van der Waals surface area (Å²) in [6.45, 7) is 7.71. The van der Waals surface area contributed by atoms with E-state index in [0.29, 0.717) is 11.9 Å². The first-order chi connectivity index (χ1) is 7.65. The van der Waals surface area contributed by atoms with Crippen molar-refractivity contribution in [2.45, 2.75) is 19.5 Å². The standard InChI is InChI=1S/C11H21N5/c1-10-9-15(6-5-14(10)2)7-8-16-4-3-11(12)13-16/h3-4,10H,5-9H2,1-2H3,(H2,12,13). The molecule has 0 bridgehead atoms. The number of anilines is 1. The Morgan fingerprint density at radius 3 is 2.88 bits per heavy atom. The summed E-state index contributed by atoms with van der Waals surface area (Å²) in [6, 6.07) is 2.49. The lowest BCUT2D eigenvalue weighted by Crippen LogP contribution is -2.50. The monoisotopic (exact) mass is 223 g/mol. The molecule has 0 radical (unpaired) electrons. The highest BCUT2D eigenvalue weighted by Gasteiger charge is 2.19. The summed E-state index contributed by atoms with van der Waals surface area (Å²) in [5.74, 6) is 0.603. The number of likely N-dealkylation sites (N-methyl/N-ethyl adjacent to an activating group) is 1. The van der Waals surface area contributed by atoms with Gasteiger partial charge in [-0.25, -0.2) is 0 Å². The Balaban J connectivity index is 1.78.